The van der Waals surface area contributed by atoms with Crippen LogP contribution in [0.4, 0.5) is 5.69 Å². The quantitative estimate of drug-likeness (QED) is 0.336. The molecule has 2 rings (SSSR count). The maximum atomic E-state index is 11.8. The van der Waals surface area contributed by atoms with Gasteiger partial charge in [-0.05, 0) is 55.5 Å². The standard InChI is InChI=1S/C20H23NO4/c1-15(22)21-17-11-13-18(14-12-17)25-20(24)10-5-3-2-4-7-16-8-6-9-19(16)23/h2,4,8,11-14H,3,5-7,9-10H2,1H3,(H,21,22). The summed E-state index contributed by atoms with van der Waals surface area (Å²) >= 11 is 0. The van der Waals surface area contributed by atoms with Gasteiger partial charge in [0.25, 0.3) is 0 Å². The summed E-state index contributed by atoms with van der Waals surface area (Å²) in [5.41, 5.74) is 1.56. The third kappa shape index (κ3) is 6.75. The van der Waals surface area contributed by atoms with E-state index < -0.39 is 0 Å². The summed E-state index contributed by atoms with van der Waals surface area (Å²) in [7, 11) is 0. The minimum Gasteiger partial charge on any atom is -0.427 e. The minimum absolute atomic E-state index is 0.147. The molecule has 0 unspecified atom stereocenters. The highest BCUT2D eigenvalue weighted by Crippen LogP contribution is 2.18. The van der Waals surface area contributed by atoms with Crippen LogP contribution in [0.1, 0.15) is 45.4 Å². The lowest BCUT2D eigenvalue weighted by molar-refractivity contribution is -0.134. The molecule has 0 fully saturated rings. The Morgan fingerprint density at radius 2 is 1.96 bits per heavy atom. The molecule has 0 aliphatic heterocycles. The SMILES string of the molecule is CC(=O)Nc1ccc(OC(=O)CCCC=CCC2=CCCC2=O)cc1. The van der Waals surface area contributed by atoms with Crippen LogP contribution in [0, 0.1) is 0 Å². The lowest BCUT2D eigenvalue weighted by Gasteiger charge is -2.05. The Morgan fingerprint density at radius 1 is 1.20 bits per heavy atom. The topological polar surface area (TPSA) is 72.5 Å². The Kier molecular flexibility index (Phi) is 7.14. The normalized spacial score (nSPS) is 13.8. The number of carbonyl (C=O) groups is 3. The van der Waals surface area contributed by atoms with Gasteiger partial charge < -0.3 is 10.1 Å². The monoisotopic (exact) mass is 341 g/mol. The van der Waals surface area contributed by atoms with Gasteiger partial charge in [-0.15, -0.1) is 0 Å². The van der Waals surface area contributed by atoms with Crippen molar-refractivity contribution in [3.05, 3.63) is 48.1 Å². The van der Waals surface area contributed by atoms with E-state index in [1.54, 1.807) is 24.3 Å². The van der Waals surface area contributed by atoms with Gasteiger partial charge in [-0.25, -0.2) is 0 Å². The second-order valence-electron chi connectivity index (χ2n) is 5.94. The number of hydrogen-bond donors (Lipinski definition) is 1. The summed E-state index contributed by atoms with van der Waals surface area (Å²) in [5, 5.41) is 2.65. The zero-order valence-electron chi connectivity index (χ0n) is 14.4. The third-order valence-corrected chi connectivity index (χ3v) is 3.78. The molecular weight excluding hydrogens is 318 g/mol. The number of esters is 1. The van der Waals surface area contributed by atoms with Crippen LogP contribution >= 0.6 is 0 Å². The van der Waals surface area contributed by atoms with Gasteiger partial charge in [-0.2, -0.15) is 0 Å². The molecule has 1 N–H and O–H groups in total. The predicted molar refractivity (Wildman–Crippen MR) is 96.3 cm³/mol. The van der Waals surface area contributed by atoms with Crippen LogP contribution in [-0.4, -0.2) is 17.7 Å². The van der Waals surface area contributed by atoms with Crippen molar-refractivity contribution in [3.63, 3.8) is 0 Å². The molecule has 0 atom stereocenters. The van der Waals surface area contributed by atoms with Crippen molar-refractivity contribution in [2.45, 2.75) is 45.4 Å². The van der Waals surface area contributed by atoms with E-state index >= 15 is 0 Å². The zero-order chi connectivity index (χ0) is 18.1. The third-order valence-electron chi connectivity index (χ3n) is 3.78. The Hall–Kier alpha value is -2.69. The van der Waals surface area contributed by atoms with Crippen molar-refractivity contribution in [1.82, 2.24) is 0 Å². The van der Waals surface area contributed by atoms with Gasteiger partial charge in [-0.1, -0.05) is 18.2 Å². The number of hydrogen-bond acceptors (Lipinski definition) is 4. The van der Waals surface area contributed by atoms with Crippen molar-refractivity contribution in [2.75, 3.05) is 5.32 Å². The van der Waals surface area contributed by atoms with Crippen LogP contribution in [0.3, 0.4) is 0 Å². The predicted octanol–water partition coefficient (Wildman–Crippen LogP) is 3.96. The van der Waals surface area contributed by atoms with E-state index in [2.05, 4.69) is 5.32 Å². The number of rotatable bonds is 8. The summed E-state index contributed by atoms with van der Waals surface area (Å²) in [5.74, 6) is 0.278. The molecule has 0 bridgehead atoms. The summed E-state index contributed by atoms with van der Waals surface area (Å²) in [6.07, 6.45) is 9.98. The number of unbranched alkanes of at least 4 members (excludes halogenated alkanes) is 1. The Bertz CT molecular complexity index is 686. The van der Waals surface area contributed by atoms with E-state index in [1.165, 1.54) is 6.92 Å². The van der Waals surface area contributed by atoms with Gasteiger partial charge in [0.15, 0.2) is 5.78 Å². The number of benzene rings is 1. The molecule has 0 saturated carbocycles. The van der Waals surface area contributed by atoms with Gasteiger partial charge in [0.2, 0.25) is 5.91 Å². The molecule has 1 aromatic carbocycles. The molecule has 0 spiro atoms. The number of amides is 1. The summed E-state index contributed by atoms with van der Waals surface area (Å²) < 4.78 is 5.25. The molecule has 1 aliphatic carbocycles. The van der Waals surface area contributed by atoms with Gasteiger partial charge in [0, 0.05) is 25.5 Å². The zero-order valence-corrected chi connectivity index (χ0v) is 14.4. The summed E-state index contributed by atoms with van der Waals surface area (Å²) in [6, 6.07) is 6.67. The molecule has 132 valence electrons. The smallest absolute Gasteiger partial charge is 0.311 e. The highest BCUT2D eigenvalue weighted by Gasteiger charge is 2.12. The van der Waals surface area contributed by atoms with Crippen molar-refractivity contribution >= 4 is 23.3 Å². The van der Waals surface area contributed by atoms with E-state index in [0.29, 0.717) is 37.1 Å². The fraction of sp³-hybridized carbons (Fsp3) is 0.350. The number of Topliss-reactive ketones (excluding diaryl/α,β-unsaturated/α-hetero) is 1. The molecular formula is C20H23NO4. The lowest BCUT2D eigenvalue weighted by atomic mass is 10.1. The first-order valence-electron chi connectivity index (χ1n) is 8.50. The van der Waals surface area contributed by atoms with E-state index in [1.807, 2.05) is 18.2 Å². The molecule has 0 aromatic heterocycles. The van der Waals surface area contributed by atoms with Crippen LogP contribution < -0.4 is 10.1 Å². The molecule has 5 heteroatoms. The number of anilines is 1. The minimum atomic E-state index is -0.283. The van der Waals surface area contributed by atoms with Gasteiger partial charge in [-0.3, -0.25) is 14.4 Å². The first-order valence-corrected chi connectivity index (χ1v) is 8.50. The van der Waals surface area contributed by atoms with Crippen molar-refractivity contribution in [3.8, 4) is 5.75 Å². The molecule has 0 radical (unpaired) electrons. The summed E-state index contributed by atoms with van der Waals surface area (Å²) in [4.78, 5) is 34.2. The molecule has 5 nitrogen and oxygen atoms in total. The fourth-order valence-electron chi connectivity index (χ4n) is 2.53. The van der Waals surface area contributed by atoms with E-state index in [-0.39, 0.29) is 17.7 Å². The maximum absolute atomic E-state index is 11.8. The van der Waals surface area contributed by atoms with Crippen molar-refractivity contribution in [1.29, 1.82) is 0 Å². The van der Waals surface area contributed by atoms with Crippen LogP contribution in [0.15, 0.2) is 48.1 Å². The molecule has 0 heterocycles. The van der Waals surface area contributed by atoms with Crippen LogP contribution in [0.25, 0.3) is 0 Å². The molecule has 1 aromatic rings. The van der Waals surface area contributed by atoms with Crippen LogP contribution in [-0.2, 0) is 14.4 Å². The first-order chi connectivity index (χ1) is 12.0. The number of allylic oxidation sites excluding steroid dienone is 4. The number of ketones is 1. The molecule has 1 aliphatic rings. The first kappa shape index (κ1) is 18.6. The Morgan fingerprint density at radius 3 is 2.60 bits per heavy atom. The van der Waals surface area contributed by atoms with Crippen LogP contribution in [0.2, 0.25) is 0 Å². The number of carbonyl (C=O) groups excluding carboxylic acids is 3. The molecule has 25 heavy (non-hydrogen) atoms. The van der Waals surface area contributed by atoms with E-state index in [4.69, 9.17) is 4.74 Å². The Labute approximate surface area is 147 Å². The second-order valence-corrected chi connectivity index (χ2v) is 5.94. The number of ether oxygens (including phenoxy) is 1. The van der Waals surface area contributed by atoms with Gasteiger partial charge in [0.05, 0.1) is 0 Å². The fourth-order valence-corrected chi connectivity index (χ4v) is 2.53. The molecule has 0 saturated heterocycles. The van der Waals surface area contributed by atoms with Gasteiger partial charge in [0.1, 0.15) is 5.75 Å². The average molecular weight is 341 g/mol. The second kappa shape index (κ2) is 9.57. The van der Waals surface area contributed by atoms with Crippen molar-refractivity contribution in [2.24, 2.45) is 0 Å². The van der Waals surface area contributed by atoms with Crippen LogP contribution in [0.5, 0.6) is 5.75 Å². The Balaban J connectivity index is 1.63. The molecule has 1 amide bonds. The lowest BCUT2D eigenvalue weighted by Crippen LogP contribution is -2.08. The van der Waals surface area contributed by atoms with Gasteiger partial charge >= 0.3 is 5.97 Å². The van der Waals surface area contributed by atoms with E-state index in [0.717, 1.165) is 18.4 Å². The van der Waals surface area contributed by atoms with E-state index in [9.17, 15) is 14.4 Å². The average Bonchev–Trinajstić information content (AvgIpc) is 2.97. The highest BCUT2D eigenvalue weighted by molar-refractivity contribution is 5.97. The number of nitrogens with one attached hydrogen (secondary N) is 1. The van der Waals surface area contributed by atoms with Crippen molar-refractivity contribution < 1.29 is 19.1 Å². The maximum Gasteiger partial charge on any atom is 0.311 e. The summed E-state index contributed by atoms with van der Waals surface area (Å²) in [6.45, 7) is 1.44. The largest absolute Gasteiger partial charge is 0.427 e. The highest BCUT2D eigenvalue weighted by atomic mass is 16.5.